The summed E-state index contributed by atoms with van der Waals surface area (Å²) in [5.41, 5.74) is 1.15. The average Bonchev–Trinajstić information content (AvgIpc) is 3.07. The lowest BCUT2D eigenvalue weighted by Crippen LogP contribution is -1.92. The molecule has 0 saturated heterocycles. The molecule has 1 heterocycles. The van der Waals surface area contributed by atoms with Crippen molar-refractivity contribution in [2.24, 2.45) is 0 Å². The first kappa shape index (κ1) is 10.3. The number of halogens is 3. The zero-order chi connectivity index (χ0) is 11.3. The van der Waals surface area contributed by atoms with Gasteiger partial charge < -0.3 is 0 Å². The first-order valence-electron chi connectivity index (χ1n) is 5.11. The van der Waals surface area contributed by atoms with Crippen LogP contribution in [0.1, 0.15) is 24.5 Å². The van der Waals surface area contributed by atoms with E-state index in [9.17, 15) is 4.39 Å². The third-order valence-corrected chi connectivity index (χ3v) is 3.44. The van der Waals surface area contributed by atoms with Crippen LogP contribution in [0.25, 0.3) is 10.9 Å². The maximum atomic E-state index is 13.8. The first-order valence-corrected chi connectivity index (χ1v) is 5.86. The average molecular weight is 256 g/mol. The third-order valence-electron chi connectivity index (χ3n) is 2.84. The van der Waals surface area contributed by atoms with E-state index in [1.807, 2.05) is 6.07 Å². The second-order valence-corrected chi connectivity index (χ2v) is 4.88. The highest BCUT2D eigenvalue weighted by atomic mass is 35.5. The quantitative estimate of drug-likeness (QED) is 0.728. The van der Waals surface area contributed by atoms with Crippen molar-refractivity contribution in [3.05, 3.63) is 39.8 Å². The van der Waals surface area contributed by atoms with Gasteiger partial charge in [0.25, 0.3) is 0 Å². The summed E-state index contributed by atoms with van der Waals surface area (Å²) in [6, 6.07) is 5.03. The Morgan fingerprint density at radius 1 is 1.19 bits per heavy atom. The van der Waals surface area contributed by atoms with Crippen LogP contribution < -0.4 is 0 Å². The summed E-state index contributed by atoms with van der Waals surface area (Å²) < 4.78 is 13.8. The third kappa shape index (κ3) is 1.57. The number of aromatic nitrogens is 1. The smallest absolute Gasteiger partial charge is 0.168 e. The fraction of sp³-hybridized carbons (Fsp3) is 0.250. The van der Waals surface area contributed by atoms with Gasteiger partial charge in [0, 0.05) is 17.0 Å². The molecule has 0 bridgehead atoms. The van der Waals surface area contributed by atoms with Crippen molar-refractivity contribution in [2.45, 2.75) is 18.8 Å². The molecular weight excluding hydrogens is 248 g/mol. The molecule has 1 aromatic heterocycles. The Kier molecular flexibility index (Phi) is 2.30. The molecule has 0 unspecified atom stereocenters. The van der Waals surface area contributed by atoms with Crippen LogP contribution in [0, 0.1) is 5.82 Å². The molecule has 16 heavy (non-hydrogen) atoms. The zero-order valence-corrected chi connectivity index (χ0v) is 9.82. The summed E-state index contributed by atoms with van der Waals surface area (Å²) in [6.07, 6.45) is 2.22. The van der Waals surface area contributed by atoms with Gasteiger partial charge in [-0.15, -0.1) is 0 Å². The molecule has 1 aliphatic rings. The van der Waals surface area contributed by atoms with Gasteiger partial charge in [-0.05, 0) is 31.0 Å². The minimum atomic E-state index is -0.483. The number of hydrogen-bond acceptors (Lipinski definition) is 1. The molecule has 1 nitrogen and oxygen atoms in total. The van der Waals surface area contributed by atoms with Gasteiger partial charge in [0.2, 0.25) is 0 Å². The standard InChI is InChI=1S/C12H8Cl2FN/c13-8-4-3-7-9(14)5-10(6-1-2-6)16-12(7)11(8)15/h3-6H,1-2H2. The minimum absolute atomic E-state index is 0.0870. The van der Waals surface area contributed by atoms with Crippen molar-refractivity contribution in [2.75, 3.05) is 0 Å². The van der Waals surface area contributed by atoms with Gasteiger partial charge in [-0.1, -0.05) is 23.2 Å². The van der Waals surface area contributed by atoms with Crippen LogP contribution in [0.3, 0.4) is 0 Å². The summed E-state index contributed by atoms with van der Waals surface area (Å²) in [4.78, 5) is 4.31. The molecule has 0 aliphatic heterocycles. The van der Waals surface area contributed by atoms with Crippen molar-refractivity contribution in [3.8, 4) is 0 Å². The molecule has 0 atom stereocenters. The van der Waals surface area contributed by atoms with Gasteiger partial charge in [-0.3, -0.25) is 0 Å². The number of benzene rings is 1. The van der Waals surface area contributed by atoms with Gasteiger partial charge >= 0.3 is 0 Å². The summed E-state index contributed by atoms with van der Waals surface area (Å²) >= 11 is 11.8. The van der Waals surface area contributed by atoms with E-state index in [-0.39, 0.29) is 10.5 Å². The Balaban J connectivity index is 2.33. The highest BCUT2D eigenvalue weighted by Crippen LogP contribution is 2.41. The SMILES string of the molecule is Fc1c(Cl)ccc2c(Cl)cc(C3CC3)nc12. The number of nitrogens with zero attached hydrogens (tertiary/aromatic N) is 1. The van der Waals surface area contributed by atoms with Crippen LogP contribution in [-0.2, 0) is 0 Å². The Labute approximate surface area is 102 Å². The lowest BCUT2D eigenvalue weighted by Gasteiger charge is -2.06. The van der Waals surface area contributed by atoms with Crippen LogP contribution in [0.5, 0.6) is 0 Å². The molecule has 4 heteroatoms. The van der Waals surface area contributed by atoms with E-state index >= 15 is 0 Å². The van der Waals surface area contributed by atoms with Gasteiger partial charge in [0.1, 0.15) is 5.52 Å². The Hall–Kier alpha value is -0.860. The van der Waals surface area contributed by atoms with Crippen molar-refractivity contribution >= 4 is 34.1 Å². The zero-order valence-electron chi connectivity index (χ0n) is 8.30. The number of hydrogen-bond donors (Lipinski definition) is 0. The lowest BCUT2D eigenvalue weighted by atomic mass is 10.1. The molecule has 1 aliphatic carbocycles. The van der Waals surface area contributed by atoms with Crippen LogP contribution in [-0.4, -0.2) is 4.98 Å². The predicted molar refractivity (Wildman–Crippen MR) is 63.7 cm³/mol. The molecule has 0 N–H and O–H groups in total. The van der Waals surface area contributed by atoms with E-state index in [0.29, 0.717) is 16.3 Å². The van der Waals surface area contributed by atoms with E-state index in [1.165, 1.54) is 6.07 Å². The molecule has 3 rings (SSSR count). The highest BCUT2D eigenvalue weighted by molar-refractivity contribution is 6.36. The van der Waals surface area contributed by atoms with Gasteiger partial charge in [-0.2, -0.15) is 0 Å². The molecule has 82 valence electrons. The molecule has 1 fully saturated rings. The van der Waals surface area contributed by atoms with Crippen LogP contribution >= 0.6 is 23.2 Å². The Bertz CT molecular complexity index is 579. The summed E-state index contributed by atoms with van der Waals surface area (Å²) in [5.74, 6) is -0.0381. The van der Waals surface area contributed by atoms with Gasteiger partial charge in [0.05, 0.1) is 10.0 Å². The van der Waals surface area contributed by atoms with Crippen molar-refractivity contribution < 1.29 is 4.39 Å². The largest absolute Gasteiger partial charge is 0.249 e. The second-order valence-electron chi connectivity index (χ2n) is 4.06. The molecule has 0 spiro atoms. The molecule has 0 radical (unpaired) electrons. The van der Waals surface area contributed by atoms with E-state index in [0.717, 1.165) is 18.5 Å². The fourth-order valence-electron chi connectivity index (χ4n) is 1.80. The van der Waals surface area contributed by atoms with Gasteiger partial charge in [-0.25, -0.2) is 9.37 Å². The monoisotopic (exact) mass is 255 g/mol. The maximum Gasteiger partial charge on any atom is 0.168 e. The maximum absolute atomic E-state index is 13.8. The van der Waals surface area contributed by atoms with Crippen LogP contribution in [0.2, 0.25) is 10.0 Å². The summed E-state index contributed by atoms with van der Waals surface area (Å²) in [7, 11) is 0. The summed E-state index contributed by atoms with van der Waals surface area (Å²) in [5, 5.41) is 1.25. The topological polar surface area (TPSA) is 12.9 Å². The van der Waals surface area contributed by atoms with Crippen molar-refractivity contribution in [1.29, 1.82) is 0 Å². The number of pyridine rings is 1. The van der Waals surface area contributed by atoms with Crippen molar-refractivity contribution in [3.63, 3.8) is 0 Å². The van der Waals surface area contributed by atoms with E-state index in [2.05, 4.69) is 4.98 Å². The van der Waals surface area contributed by atoms with E-state index in [1.54, 1.807) is 6.07 Å². The van der Waals surface area contributed by atoms with E-state index in [4.69, 9.17) is 23.2 Å². The molecule has 1 saturated carbocycles. The molecule has 0 amide bonds. The van der Waals surface area contributed by atoms with Crippen LogP contribution in [0.15, 0.2) is 18.2 Å². The van der Waals surface area contributed by atoms with Crippen LogP contribution in [0.4, 0.5) is 4.39 Å². The fourth-order valence-corrected chi connectivity index (χ4v) is 2.22. The lowest BCUT2D eigenvalue weighted by molar-refractivity contribution is 0.636. The minimum Gasteiger partial charge on any atom is -0.249 e. The number of fused-ring (bicyclic) bond motifs is 1. The first-order chi connectivity index (χ1) is 7.66. The Morgan fingerprint density at radius 3 is 2.62 bits per heavy atom. The highest BCUT2D eigenvalue weighted by Gasteiger charge is 2.26. The predicted octanol–water partition coefficient (Wildman–Crippen LogP) is 4.56. The molecule has 1 aromatic carbocycles. The number of rotatable bonds is 1. The van der Waals surface area contributed by atoms with Gasteiger partial charge in [0.15, 0.2) is 5.82 Å². The second kappa shape index (κ2) is 3.57. The summed E-state index contributed by atoms with van der Waals surface area (Å²) in [6.45, 7) is 0. The molecular formula is C12H8Cl2FN. The van der Waals surface area contributed by atoms with Crippen molar-refractivity contribution in [1.82, 2.24) is 4.98 Å². The normalized spacial score (nSPS) is 15.7. The molecule has 2 aromatic rings. The van der Waals surface area contributed by atoms with E-state index < -0.39 is 5.82 Å². The Morgan fingerprint density at radius 2 is 1.94 bits per heavy atom.